The first kappa shape index (κ1) is 16.8. The van der Waals surface area contributed by atoms with Gasteiger partial charge in [-0.25, -0.2) is 0 Å². The molecule has 2 amide bonds. The number of hydrogen-bond acceptors (Lipinski definition) is 2. The van der Waals surface area contributed by atoms with Crippen LogP contribution in [0.5, 0.6) is 0 Å². The summed E-state index contributed by atoms with van der Waals surface area (Å²) in [6, 6.07) is 4.72. The molecule has 6 heteroatoms. The van der Waals surface area contributed by atoms with Gasteiger partial charge in [0.15, 0.2) is 0 Å². The lowest BCUT2D eigenvalue weighted by atomic mass is 10.2. The molecule has 0 aromatic heterocycles. The van der Waals surface area contributed by atoms with Gasteiger partial charge in [0.25, 0.3) is 0 Å². The maximum absolute atomic E-state index is 11.7. The fourth-order valence-electron chi connectivity index (χ4n) is 1.64. The number of anilines is 1. The summed E-state index contributed by atoms with van der Waals surface area (Å²) in [4.78, 5) is 23.2. The summed E-state index contributed by atoms with van der Waals surface area (Å²) in [5.74, 6) is -0.678. The Labute approximate surface area is 128 Å². The third kappa shape index (κ3) is 6.78. The molecule has 4 nitrogen and oxygen atoms in total. The zero-order chi connectivity index (χ0) is 15.0. The van der Waals surface area contributed by atoms with Gasteiger partial charge in [-0.15, -0.1) is 0 Å². The number of carbonyl (C=O) groups is 2. The second kappa shape index (κ2) is 8.82. The zero-order valence-corrected chi connectivity index (χ0v) is 12.9. The van der Waals surface area contributed by atoms with Crippen LogP contribution >= 0.6 is 23.2 Å². The van der Waals surface area contributed by atoms with E-state index >= 15 is 0 Å². The molecule has 0 spiro atoms. The van der Waals surface area contributed by atoms with Gasteiger partial charge in [0, 0.05) is 22.3 Å². The molecule has 1 aromatic rings. The van der Waals surface area contributed by atoms with E-state index in [4.69, 9.17) is 23.2 Å². The monoisotopic (exact) mass is 316 g/mol. The molecule has 0 heterocycles. The van der Waals surface area contributed by atoms with E-state index < -0.39 is 5.91 Å². The molecule has 0 bridgehead atoms. The molecule has 2 N–H and O–H groups in total. The Hall–Kier alpha value is -1.26. The minimum atomic E-state index is -0.392. The van der Waals surface area contributed by atoms with Gasteiger partial charge in [-0.2, -0.15) is 0 Å². The molecule has 20 heavy (non-hydrogen) atoms. The second-order valence-electron chi connectivity index (χ2n) is 4.44. The Kier molecular flexibility index (Phi) is 7.41. The van der Waals surface area contributed by atoms with Crippen LogP contribution in [-0.2, 0) is 9.59 Å². The minimum Gasteiger partial charge on any atom is -0.356 e. The van der Waals surface area contributed by atoms with Gasteiger partial charge >= 0.3 is 0 Å². The molecular formula is C14H18Cl2N2O2. The first-order valence-corrected chi connectivity index (χ1v) is 7.29. The third-order valence-corrected chi connectivity index (χ3v) is 3.01. The number of unbranched alkanes of at least 4 members (excludes halogenated alkanes) is 2. The molecule has 0 saturated carbocycles. The normalized spacial score (nSPS) is 10.2. The van der Waals surface area contributed by atoms with Gasteiger partial charge < -0.3 is 10.6 Å². The predicted molar refractivity (Wildman–Crippen MR) is 82.2 cm³/mol. The van der Waals surface area contributed by atoms with E-state index in [-0.39, 0.29) is 12.3 Å². The molecule has 0 aliphatic heterocycles. The highest BCUT2D eigenvalue weighted by atomic mass is 35.5. The lowest BCUT2D eigenvalue weighted by molar-refractivity contribution is -0.126. The van der Waals surface area contributed by atoms with Crippen LogP contribution in [-0.4, -0.2) is 18.4 Å². The van der Waals surface area contributed by atoms with Crippen molar-refractivity contribution in [3.63, 3.8) is 0 Å². The van der Waals surface area contributed by atoms with Crippen LogP contribution in [0, 0.1) is 0 Å². The molecule has 0 aliphatic carbocycles. The van der Waals surface area contributed by atoms with E-state index in [1.54, 1.807) is 18.2 Å². The lowest BCUT2D eigenvalue weighted by Gasteiger charge is -2.07. The van der Waals surface area contributed by atoms with Crippen LogP contribution in [0.1, 0.15) is 32.6 Å². The van der Waals surface area contributed by atoms with Crippen LogP contribution < -0.4 is 10.6 Å². The number of hydrogen-bond donors (Lipinski definition) is 2. The highest BCUT2D eigenvalue weighted by Gasteiger charge is 2.09. The number of nitrogens with one attached hydrogen (secondary N) is 2. The molecule has 0 radical (unpaired) electrons. The second-order valence-corrected chi connectivity index (χ2v) is 5.31. The number of halogens is 2. The van der Waals surface area contributed by atoms with Crippen molar-refractivity contribution in [1.29, 1.82) is 0 Å². The molecule has 0 fully saturated rings. The average molecular weight is 317 g/mol. The fourth-order valence-corrected chi connectivity index (χ4v) is 2.17. The van der Waals surface area contributed by atoms with E-state index in [0.717, 1.165) is 19.3 Å². The molecule has 0 atom stereocenters. The number of carbonyl (C=O) groups excluding carboxylic acids is 2. The Morgan fingerprint density at radius 3 is 2.30 bits per heavy atom. The predicted octanol–water partition coefficient (Wildman–Crippen LogP) is 3.63. The van der Waals surface area contributed by atoms with Crippen LogP contribution in [0.4, 0.5) is 5.69 Å². The smallest absolute Gasteiger partial charge is 0.233 e. The van der Waals surface area contributed by atoms with Crippen molar-refractivity contribution in [1.82, 2.24) is 5.32 Å². The van der Waals surface area contributed by atoms with E-state index in [1.807, 2.05) is 0 Å². The Morgan fingerprint density at radius 2 is 1.70 bits per heavy atom. The van der Waals surface area contributed by atoms with Crippen molar-refractivity contribution in [3.8, 4) is 0 Å². The summed E-state index contributed by atoms with van der Waals surface area (Å²) in [6.07, 6.45) is 2.86. The van der Waals surface area contributed by atoms with Crippen LogP contribution in [0.3, 0.4) is 0 Å². The molecular weight excluding hydrogens is 299 g/mol. The maximum atomic E-state index is 11.7. The molecule has 0 unspecified atom stereocenters. The largest absolute Gasteiger partial charge is 0.356 e. The SMILES string of the molecule is CCCCCNC(=O)CC(=O)Nc1cc(Cl)cc(Cl)c1. The summed E-state index contributed by atoms with van der Waals surface area (Å²) in [5, 5.41) is 6.15. The van der Waals surface area contributed by atoms with Gasteiger partial charge in [-0.3, -0.25) is 9.59 Å². The Morgan fingerprint density at radius 1 is 1.05 bits per heavy atom. The van der Waals surface area contributed by atoms with Crippen molar-refractivity contribution in [2.75, 3.05) is 11.9 Å². The van der Waals surface area contributed by atoms with Gasteiger partial charge in [0.1, 0.15) is 6.42 Å². The standard InChI is InChI=1S/C14H18Cl2N2O2/c1-2-3-4-5-17-13(19)9-14(20)18-12-7-10(15)6-11(16)8-12/h6-8H,2-5,9H2,1H3,(H,17,19)(H,18,20). The summed E-state index contributed by atoms with van der Waals surface area (Å²) in [5.41, 5.74) is 0.478. The first-order chi connectivity index (χ1) is 9.51. The molecule has 0 saturated heterocycles. The highest BCUT2D eigenvalue weighted by Crippen LogP contribution is 2.22. The Bertz CT molecular complexity index is 458. The number of rotatable bonds is 7. The van der Waals surface area contributed by atoms with Crippen molar-refractivity contribution in [2.24, 2.45) is 0 Å². The zero-order valence-electron chi connectivity index (χ0n) is 11.3. The summed E-state index contributed by atoms with van der Waals surface area (Å²) in [6.45, 7) is 2.69. The summed E-state index contributed by atoms with van der Waals surface area (Å²) < 4.78 is 0. The number of amides is 2. The van der Waals surface area contributed by atoms with Gasteiger partial charge in [-0.05, 0) is 24.6 Å². The van der Waals surface area contributed by atoms with Crippen molar-refractivity contribution < 1.29 is 9.59 Å². The van der Waals surface area contributed by atoms with Crippen molar-refractivity contribution >= 4 is 40.7 Å². The average Bonchev–Trinajstić information content (AvgIpc) is 2.33. The number of benzene rings is 1. The van der Waals surface area contributed by atoms with E-state index in [2.05, 4.69) is 17.6 Å². The third-order valence-electron chi connectivity index (χ3n) is 2.57. The Balaban J connectivity index is 2.37. The highest BCUT2D eigenvalue weighted by molar-refractivity contribution is 6.35. The van der Waals surface area contributed by atoms with Crippen LogP contribution in [0.15, 0.2) is 18.2 Å². The van der Waals surface area contributed by atoms with Crippen molar-refractivity contribution in [2.45, 2.75) is 32.6 Å². The molecule has 1 rings (SSSR count). The topological polar surface area (TPSA) is 58.2 Å². The quantitative estimate of drug-likeness (QED) is 0.596. The fraction of sp³-hybridized carbons (Fsp3) is 0.429. The lowest BCUT2D eigenvalue weighted by Crippen LogP contribution is -2.28. The van der Waals surface area contributed by atoms with E-state index in [0.29, 0.717) is 22.3 Å². The first-order valence-electron chi connectivity index (χ1n) is 6.54. The van der Waals surface area contributed by atoms with Crippen LogP contribution in [0.2, 0.25) is 10.0 Å². The van der Waals surface area contributed by atoms with Gasteiger partial charge in [-0.1, -0.05) is 43.0 Å². The minimum absolute atomic E-state index is 0.212. The molecule has 110 valence electrons. The van der Waals surface area contributed by atoms with E-state index in [1.165, 1.54) is 0 Å². The molecule has 1 aromatic carbocycles. The summed E-state index contributed by atoms with van der Waals surface area (Å²) >= 11 is 11.6. The van der Waals surface area contributed by atoms with Gasteiger partial charge in [0.2, 0.25) is 11.8 Å². The maximum Gasteiger partial charge on any atom is 0.233 e. The summed E-state index contributed by atoms with van der Waals surface area (Å²) in [7, 11) is 0. The van der Waals surface area contributed by atoms with Crippen molar-refractivity contribution in [3.05, 3.63) is 28.2 Å². The van der Waals surface area contributed by atoms with Gasteiger partial charge in [0.05, 0.1) is 0 Å². The van der Waals surface area contributed by atoms with E-state index in [9.17, 15) is 9.59 Å². The van der Waals surface area contributed by atoms with Crippen LogP contribution in [0.25, 0.3) is 0 Å². The molecule has 0 aliphatic rings.